The third kappa shape index (κ3) is 2.39. The van der Waals surface area contributed by atoms with E-state index in [9.17, 15) is 4.79 Å². The Morgan fingerprint density at radius 1 is 1.32 bits per heavy atom. The van der Waals surface area contributed by atoms with E-state index in [-0.39, 0.29) is 17.6 Å². The van der Waals surface area contributed by atoms with E-state index in [1.54, 1.807) is 0 Å². The van der Waals surface area contributed by atoms with Gasteiger partial charge in [0.15, 0.2) is 0 Å². The summed E-state index contributed by atoms with van der Waals surface area (Å²) in [6, 6.07) is 10.4. The molecular formula is C22H29NO2. The fourth-order valence-corrected chi connectivity index (χ4v) is 5.73. The molecule has 1 amide bonds. The molecule has 134 valence electrons. The van der Waals surface area contributed by atoms with Crippen molar-refractivity contribution in [3.05, 3.63) is 48.6 Å². The molecule has 0 bridgehead atoms. The van der Waals surface area contributed by atoms with Crippen molar-refractivity contribution in [3.63, 3.8) is 0 Å². The van der Waals surface area contributed by atoms with E-state index >= 15 is 0 Å². The Labute approximate surface area is 151 Å². The first-order valence-electron chi connectivity index (χ1n) is 9.69. The molecule has 3 fully saturated rings. The van der Waals surface area contributed by atoms with E-state index in [2.05, 4.69) is 37.5 Å². The number of rotatable bonds is 3. The van der Waals surface area contributed by atoms with Crippen LogP contribution in [0.5, 0.6) is 0 Å². The Balaban J connectivity index is 1.73. The van der Waals surface area contributed by atoms with Gasteiger partial charge in [0.05, 0.1) is 11.5 Å². The van der Waals surface area contributed by atoms with Gasteiger partial charge in [0.25, 0.3) is 0 Å². The van der Waals surface area contributed by atoms with Crippen molar-refractivity contribution in [2.24, 2.45) is 11.3 Å². The first-order chi connectivity index (χ1) is 12.0. The van der Waals surface area contributed by atoms with E-state index in [1.807, 2.05) is 24.3 Å². The van der Waals surface area contributed by atoms with Gasteiger partial charge in [-0.2, -0.15) is 0 Å². The second-order valence-corrected chi connectivity index (χ2v) is 8.34. The normalized spacial score (nSPS) is 40.5. The minimum Gasteiger partial charge on any atom is -0.346 e. The van der Waals surface area contributed by atoms with Gasteiger partial charge in [-0.25, -0.2) is 0 Å². The number of carbonyl (C=O) groups is 1. The fourth-order valence-electron chi connectivity index (χ4n) is 5.73. The van der Waals surface area contributed by atoms with Gasteiger partial charge in [-0.1, -0.05) is 49.2 Å². The molecule has 25 heavy (non-hydrogen) atoms. The highest BCUT2D eigenvalue weighted by atomic mass is 16.5. The summed E-state index contributed by atoms with van der Waals surface area (Å²) in [5.41, 5.74) is 0.436. The lowest BCUT2D eigenvalue weighted by molar-refractivity contribution is -0.191. The highest BCUT2D eigenvalue weighted by Crippen LogP contribution is 2.58. The fraction of sp³-hybridized carbons (Fsp3) is 0.591. The Kier molecular flexibility index (Phi) is 4.03. The van der Waals surface area contributed by atoms with Crippen LogP contribution in [-0.2, 0) is 9.53 Å². The number of allylic oxidation sites excluding steroid dienone is 1. The van der Waals surface area contributed by atoms with Gasteiger partial charge in [0.1, 0.15) is 11.8 Å². The lowest BCUT2D eigenvalue weighted by Crippen LogP contribution is -2.63. The average molecular weight is 339 g/mol. The predicted molar refractivity (Wildman–Crippen MR) is 98.8 cm³/mol. The quantitative estimate of drug-likeness (QED) is 0.737. The zero-order chi connectivity index (χ0) is 17.7. The minimum atomic E-state index is -0.482. The molecule has 1 aromatic carbocycles. The molecule has 4 rings (SSSR count). The Morgan fingerprint density at radius 3 is 2.80 bits per heavy atom. The van der Waals surface area contributed by atoms with Crippen LogP contribution in [0.25, 0.3) is 0 Å². The summed E-state index contributed by atoms with van der Waals surface area (Å²) in [6.45, 7) is 8.22. The van der Waals surface area contributed by atoms with Crippen LogP contribution in [0.15, 0.2) is 43.0 Å². The van der Waals surface area contributed by atoms with Crippen LogP contribution in [0.2, 0.25) is 0 Å². The monoisotopic (exact) mass is 339 g/mol. The summed E-state index contributed by atoms with van der Waals surface area (Å²) < 4.78 is 6.57. The molecule has 1 saturated carbocycles. The lowest BCUT2D eigenvalue weighted by Gasteiger charge is -2.54. The van der Waals surface area contributed by atoms with E-state index in [0.29, 0.717) is 11.8 Å². The van der Waals surface area contributed by atoms with Gasteiger partial charge < -0.3 is 9.64 Å². The summed E-state index contributed by atoms with van der Waals surface area (Å²) in [5, 5.41) is 0. The highest BCUT2D eigenvalue weighted by Gasteiger charge is 2.62. The number of carbonyl (C=O) groups excluding carboxylic acids is 1. The summed E-state index contributed by atoms with van der Waals surface area (Å²) in [6.07, 6.45) is 8.16. The number of hydrogen-bond donors (Lipinski definition) is 0. The van der Waals surface area contributed by atoms with Gasteiger partial charge >= 0.3 is 0 Å². The number of hydrogen-bond acceptors (Lipinski definition) is 2. The van der Waals surface area contributed by atoms with Crippen molar-refractivity contribution < 1.29 is 9.53 Å². The van der Waals surface area contributed by atoms with Crippen molar-refractivity contribution in [1.29, 1.82) is 0 Å². The Morgan fingerprint density at radius 2 is 2.08 bits per heavy atom. The van der Waals surface area contributed by atoms with Crippen molar-refractivity contribution in [3.8, 4) is 0 Å². The van der Waals surface area contributed by atoms with E-state index < -0.39 is 5.72 Å². The maximum absolute atomic E-state index is 13.7. The van der Waals surface area contributed by atoms with Crippen molar-refractivity contribution in [1.82, 2.24) is 4.90 Å². The zero-order valence-electron chi connectivity index (χ0n) is 15.4. The molecule has 0 radical (unpaired) electrons. The van der Waals surface area contributed by atoms with Crippen LogP contribution >= 0.6 is 0 Å². The van der Waals surface area contributed by atoms with E-state index in [4.69, 9.17) is 4.74 Å². The van der Waals surface area contributed by atoms with E-state index in [1.165, 1.54) is 12.0 Å². The summed E-state index contributed by atoms with van der Waals surface area (Å²) >= 11 is 0. The molecule has 5 atom stereocenters. The molecule has 0 unspecified atom stereocenters. The van der Waals surface area contributed by atoms with Crippen LogP contribution in [0.4, 0.5) is 0 Å². The van der Waals surface area contributed by atoms with Crippen LogP contribution in [0.1, 0.15) is 64.0 Å². The van der Waals surface area contributed by atoms with Crippen LogP contribution in [0, 0.1) is 11.3 Å². The maximum atomic E-state index is 13.7. The van der Waals surface area contributed by atoms with Gasteiger partial charge in [0, 0.05) is 0 Å². The SMILES string of the molecule is C=CC[C@]12CCCC[C@@H]1C[C@]1(C)O[C@@H](c3ccccc3)[C@@H](C)N1C2=O. The molecule has 3 aliphatic rings. The average Bonchev–Trinajstić information content (AvgIpc) is 2.88. The third-order valence-corrected chi connectivity index (χ3v) is 6.85. The Hall–Kier alpha value is -1.61. The van der Waals surface area contributed by atoms with Crippen molar-refractivity contribution in [2.75, 3.05) is 0 Å². The first kappa shape index (κ1) is 16.8. The topological polar surface area (TPSA) is 29.5 Å². The number of fused-ring (bicyclic) bond motifs is 2. The van der Waals surface area contributed by atoms with E-state index in [0.717, 1.165) is 32.1 Å². The summed E-state index contributed by atoms with van der Waals surface area (Å²) in [4.78, 5) is 15.8. The summed E-state index contributed by atoms with van der Waals surface area (Å²) in [7, 11) is 0. The molecular weight excluding hydrogens is 310 g/mol. The summed E-state index contributed by atoms with van der Waals surface area (Å²) in [5.74, 6) is 0.714. The van der Waals surface area contributed by atoms with Gasteiger partial charge in [-0.3, -0.25) is 4.79 Å². The molecule has 0 aromatic heterocycles. The van der Waals surface area contributed by atoms with Gasteiger partial charge in [-0.05, 0) is 51.0 Å². The molecule has 2 saturated heterocycles. The molecule has 2 aliphatic heterocycles. The molecule has 2 heterocycles. The second-order valence-electron chi connectivity index (χ2n) is 8.34. The Bertz CT molecular complexity index is 672. The number of piperidine rings is 1. The van der Waals surface area contributed by atoms with Crippen LogP contribution < -0.4 is 0 Å². The van der Waals surface area contributed by atoms with Crippen molar-refractivity contribution >= 4 is 5.91 Å². The smallest absolute Gasteiger partial charge is 0.231 e. The largest absolute Gasteiger partial charge is 0.346 e. The number of nitrogens with zero attached hydrogens (tertiary/aromatic N) is 1. The number of benzene rings is 1. The van der Waals surface area contributed by atoms with Crippen molar-refractivity contribution in [2.45, 2.75) is 70.2 Å². The van der Waals surface area contributed by atoms with Crippen LogP contribution in [-0.4, -0.2) is 22.6 Å². The standard InChI is InChI=1S/C22H29NO2/c1-4-13-22-14-9-8-12-18(22)15-21(3)23(20(22)24)16(2)19(25-21)17-10-6-5-7-11-17/h4-7,10-11,16,18-19H,1,8-9,12-15H2,2-3H3/t16-,18-,19-,21+,22+/m1/s1. The van der Waals surface area contributed by atoms with Crippen LogP contribution in [0.3, 0.4) is 0 Å². The molecule has 0 N–H and O–H groups in total. The highest BCUT2D eigenvalue weighted by molar-refractivity contribution is 5.85. The zero-order valence-corrected chi connectivity index (χ0v) is 15.4. The molecule has 0 spiro atoms. The number of amides is 1. The molecule has 1 aliphatic carbocycles. The number of ether oxygens (including phenoxy) is 1. The third-order valence-electron chi connectivity index (χ3n) is 6.85. The molecule has 3 heteroatoms. The predicted octanol–water partition coefficient (Wildman–Crippen LogP) is 4.85. The molecule has 1 aromatic rings. The minimum absolute atomic E-state index is 0.0453. The molecule has 3 nitrogen and oxygen atoms in total. The van der Waals surface area contributed by atoms with Gasteiger partial charge in [0.2, 0.25) is 5.91 Å². The maximum Gasteiger partial charge on any atom is 0.231 e. The van der Waals surface area contributed by atoms with Gasteiger partial charge in [-0.15, -0.1) is 6.58 Å². The lowest BCUT2D eigenvalue weighted by atomic mass is 9.59. The second kappa shape index (κ2) is 5.98. The first-order valence-corrected chi connectivity index (χ1v) is 9.69.